The van der Waals surface area contributed by atoms with Crippen LogP contribution in [0.15, 0.2) is 35.5 Å². The molecule has 0 radical (unpaired) electrons. The second-order valence-corrected chi connectivity index (χ2v) is 7.74. The predicted octanol–water partition coefficient (Wildman–Crippen LogP) is 3.38. The number of carbonyl (C=O) groups is 1. The van der Waals surface area contributed by atoms with Crippen LogP contribution in [-0.4, -0.2) is 47.6 Å². The van der Waals surface area contributed by atoms with Gasteiger partial charge in [0.15, 0.2) is 0 Å². The maximum atomic E-state index is 13.0. The third kappa shape index (κ3) is 2.39. The van der Waals surface area contributed by atoms with Crippen molar-refractivity contribution in [3.63, 3.8) is 0 Å². The lowest BCUT2D eigenvalue weighted by molar-refractivity contribution is 0.0865. The summed E-state index contributed by atoms with van der Waals surface area (Å²) in [5, 5.41) is 0.484. The van der Waals surface area contributed by atoms with Crippen LogP contribution in [0, 0.1) is 0 Å². The van der Waals surface area contributed by atoms with Crippen LogP contribution in [0.2, 0.25) is 5.15 Å². The number of fused-ring (bicyclic) bond motifs is 5. The molecule has 0 saturated heterocycles. The number of carbonyl (C=O) groups excluding carboxylic acids is 1. The molecule has 1 aromatic heterocycles. The fraction of sp³-hybridized carbons (Fsp3) is 0.400. The van der Waals surface area contributed by atoms with Gasteiger partial charge in [-0.25, -0.2) is 4.99 Å². The Hall–Kier alpha value is -2.47. The van der Waals surface area contributed by atoms with Crippen molar-refractivity contribution in [2.45, 2.75) is 37.9 Å². The highest BCUT2D eigenvalue weighted by atomic mass is 35.5. The first-order valence-electron chi connectivity index (χ1n) is 9.25. The van der Waals surface area contributed by atoms with E-state index < -0.39 is 0 Å². The van der Waals surface area contributed by atoms with E-state index in [-0.39, 0.29) is 11.9 Å². The Morgan fingerprint density at radius 1 is 1.26 bits per heavy atom. The number of hydrogen-bond acceptors (Lipinski definition) is 4. The van der Waals surface area contributed by atoms with E-state index in [9.17, 15) is 4.79 Å². The van der Waals surface area contributed by atoms with E-state index in [2.05, 4.69) is 4.90 Å². The molecule has 6 nitrogen and oxygen atoms in total. The third-order valence-electron chi connectivity index (χ3n) is 5.86. The SMILES string of the molecule is COc1ccc(Cn2cc3c(c2Cl)C(=O)N(C)C2=N[C@@H]4CCC[C@@H]4N23)cc1. The molecule has 0 bridgehead atoms. The van der Waals surface area contributed by atoms with E-state index in [0.29, 0.717) is 23.3 Å². The Morgan fingerprint density at radius 2 is 2.04 bits per heavy atom. The summed E-state index contributed by atoms with van der Waals surface area (Å²) in [4.78, 5) is 21.6. The Bertz CT molecular complexity index is 950. The van der Waals surface area contributed by atoms with Gasteiger partial charge >= 0.3 is 0 Å². The van der Waals surface area contributed by atoms with Gasteiger partial charge in [0.2, 0.25) is 5.96 Å². The molecule has 1 aromatic carbocycles. The summed E-state index contributed by atoms with van der Waals surface area (Å²) >= 11 is 6.67. The normalized spacial score (nSPS) is 23.2. The Labute approximate surface area is 163 Å². The summed E-state index contributed by atoms with van der Waals surface area (Å²) in [5.74, 6) is 1.50. The van der Waals surface area contributed by atoms with E-state index in [1.165, 1.54) is 6.42 Å². The Kier molecular flexibility index (Phi) is 3.72. The molecule has 27 heavy (non-hydrogen) atoms. The molecule has 3 aliphatic rings. The molecular formula is C20H21ClN4O2. The minimum absolute atomic E-state index is 0.0848. The van der Waals surface area contributed by atoms with E-state index in [1.54, 1.807) is 19.1 Å². The number of aromatic nitrogens is 1. The highest BCUT2D eigenvalue weighted by Crippen LogP contribution is 2.43. The fourth-order valence-corrected chi connectivity index (χ4v) is 4.75. The summed E-state index contributed by atoms with van der Waals surface area (Å²) in [6, 6.07) is 8.50. The van der Waals surface area contributed by atoms with Gasteiger partial charge in [-0.3, -0.25) is 9.69 Å². The quantitative estimate of drug-likeness (QED) is 0.815. The van der Waals surface area contributed by atoms with Gasteiger partial charge in [0, 0.05) is 19.8 Å². The molecule has 0 N–H and O–H groups in total. The summed E-state index contributed by atoms with van der Waals surface area (Å²) in [6.07, 6.45) is 5.36. The van der Waals surface area contributed by atoms with Gasteiger partial charge in [-0.05, 0) is 37.0 Å². The molecule has 5 rings (SSSR count). The molecule has 1 aliphatic carbocycles. The zero-order valence-corrected chi connectivity index (χ0v) is 16.1. The molecule has 0 spiro atoms. The van der Waals surface area contributed by atoms with Crippen LogP contribution in [0.1, 0.15) is 35.2 Å². The zero-order valence-electron chi connectivity index (χ0n) is 15.4. The number of methoxy groups -OCH3 is 1. The largest absolute Gasteiger partial charge is 0.497 e. The van der Waals surface area contributed by atoms with Crippen LogP contribution in [0.3, 0.4) is 0 Å². The molecule has 0 unspecified atom stereocenters. The molecule has 1 fully saturated rings. The van der Waals surface area contributed by atoms with Gasteiger partial charge in [0.1, 0.15) is 16.5 Å². The smallest absolute Gasteiger partial charge is 0.265 e. The summed E-state index contributed by atoms with van der Waals surface area (Å²) in [6.45, 7) is 0.598. The second kappa shape index (κ2) is 6.02. The van der Waals surface area contributed by atoms with Crippen LogP contribution in [0.5, 0.6) is 5.75 Å². The van der Waals surface area contributed by atoms with Crippen LogP contribution < -0.4 is 9.64 Å². The number of guanidine groups is 1. The number of benzene rings is 1. The molecule has 1 amide bonds. The maximum absolute atomic E-state index is 13.0. The first-order chi connectivity index (χ1) is 13.1. The third-order valence-corrected chi connectivity index (χ3v) is 6.26. The standard InChI is InChI=1S/C20H21ClN4O2/c1-23-19(26)17-16(25-15-5-3-4-14(15)22-20(23)25)11-24(18(17)21)10-12-6-8-13(27-2)9-7-12/h6-9,11,14-15H,3-5,10H2,1-2H3/t14-,15+/m1/s1. The number of ether oxygens (including phenoxy) is 1. The fourth-order valence-electron chi connectivity index (χ4n) is 4.47. The number of hydrogen-bond donors (Lipinski definition) is 0. The van der Waals surface area contributed by atoms with E-state index >= 15 is 0 Å². The topological polar surface area (TPSA) is 50.1 Å². The van der Waals surface area contributed by atoms with Crippen molar-refractivity contribution in [2.75, 3.05) is 19.1 Å². The number of anilines is 1. The summed E-state index contributed by atoms with van der Waals surface area (Å²) < 4.78 is 7.17. The van der Waals surface area contributed by atoms with Gasteiger partial charge in [0.25, 0.3) is 5.91 Å². The van der Waals surface area contributed by atoms with Gasteiger partial charge in [-0.1, -0.05) is 23.7 Å². The lowest BCUT2D eigenvalue weighted by Gasteiger charge is -2.35. The highest BCUT2D eigenvalue weighted by molar-refractivity contribution is 6.36. The second-order valence-electron chi connectivity index (χ2n) is 7.38. The van der Waals surface area contributed by atoms with Crippen LogP contribution >= 0.6 is 11.6 Å². The van der Waals surface area contributed by atoms with Crippen molar-refractivity contribution in [3.05, 3.63) is 46.7 Å². The average molecular weight is 385 g/mol. The molecule has 140 valence electrons. The van der Waals surface area contributed by atoms with Crippen LogP contribution in [0.4, 0.5) is 5.69 Å². The molecule has 2 aliphatic heterocycles. The van der Waals surface area contributed by atoms with Crippen molar-refractivity contribution >= 4 is 29.2 Å². The average Bonchev–Trinajstić information content (AvgIpc) is 3.34. The van der Waals surface area contributed by atoms with Gasteiger partial charge in [0.05, 0.1) is 24.9 Å². The minimum Gasteiger partial charge on any atom is -0.497 e. The van der Waals surface area contributed by atoms with Gasteiger partial charge < -0.3 is 14.2 Å². The number of rotatable bonds is 3. The monoisotopic (exact) mass is 384 g/mol. The maximum Gasteiger partial charge on any atom is 0.265 e. The number of nitrogens with zero attached hydrogens (tertiary/aromatic N) is 4. The van der Waals surface area contributed by atoms with E-state index in [4.69, 9.17) is 21.3 Å². The number of halogens is 1. The van der Waals surface area contributed by atoms with Crippen LogP contribution in [-0.2, 0) is 6.54 Å². The first kappa shape index (κ1) is 16.7. The lowest BCUT2D eigenvalue weighted by Crippen LogP contribution is -2.50. The van der Waals surface area contributed by atoms with Gasteiger partial charge in [-0.2, -0.15) is 0 Å². The van der Waals surface area contributed by atoms with Crippen LogP contribution in [0.25, 0.3) is 0 Å². The van der Waals surface area contributed by atoms with Crippen molar-refractivity contribution in [2.24, 2.45) is 4.99 Å². The molecule has 2 atom stereocenters. The molecule has 7 heteroatoms. The first-order valence-corrected chi connectivity index (χ1v) is 9.63. The molecule has 3 heterocycles. The molecule has 1 saturated carbocycles. The van der Waals surface area contributed by atoms with Crippen molar-refractivity contribution in [1.82, 2.24) is 9.47 Å². The Balaban J connectivity index is 1.55. The minimum atomic E-state index is -0.0848. The lowest BCUT2D eigenvalue weighted by atomic mass is 10.1. The molecular weight excluding hydrogens is 364 g/mol. The number of aliphatic imine (C=N–C) groups is 1. The van der Waals surface area contributed by atoms with Crippen molar-refractivity contribution in [3.8, 4) is 5.75 Å². The predicted molar refractivity (Wildman–Crippen MR) is 105 cm³/mol. The Morgan fingerprint density at radius 3 is 2.78 bits per heavy atom. The van der Waals surface area contributed by atoms with Crippen molar-refractivity contribution < 1.29 is 9.53 Å². The zero-order chi connectivity index (χ0) is 18.7. The summed E-state index contributed by atoms with van der Waals surface area (Å²) in [7, 11) is 3.44. The van der Waals surface area contributed by atoms with Gasteiger partial charge in [-0.15, -0.1) is 0 Å². The number of amides is 1. The highest BCUT2D eigenvalue weighted by Gasteiger charge is 2.48. The van der Waals surface area contributed by atoms with E-state index in [1.807, 2.05) is 35.0 Å². The van der Waals surface area contributed by atoms with Crippen molar-refractivity contribution in [1.29, 1.82) is 0 Å². The summed E-state index contributed by atoms with van der Waals surface area (Å²) in [5.41, 5.74) is 2.57. The molecule has 2 aromatic rings. The van der Waals surface area contributed by atoms with E-state index in [0.717, 1.165) is 35.8 Å².